The zero-order valence-corrected chi connectivity index (χ0v) is 10.5. The van der Waals surface area contributed by atoms with Crippen LogP contribution in [0.1, 0.15) is 16.7 Å². The van der Waals surface area contributed by atoms with Crippen molar-refractivity contribution in [2.75, 3.05) is 0 Å². The van der Waals surface area contributed by atoms with Crippen molar-refractivity contribution in [1.29, 1.82) is 0 Å². The molecular weight excluding hydrogens is 228 g/mol. The molecule has 3 aromatic carbocycles. The number of rotatable bonds is 1. The first kappa shape index (κ1) is 10.6. The number of benzene rings is 3. The van der Waals surface area contributed by atoms with E-state index in [1.165, 1.54) is 33.0 Å². The molecule has 0 spiro atoms. The highest BCUT2D eigenvalue weighted by Gasteiger charge is 2.14. The first-order valence-electron chi connectivity index (χ1n) is 6.55. The highest BCUT2D eigenvalue weighted by Crippen LogP contribution is 2.34. The normalized spacial score (nSPS) is 13.4. The smallest absolute Gasteiger partial charge is 0.0138 e. The van der Waals surface area contributed by atoms with Crippen LogP contribution >= 0.6 is 0 Å². The molecule has 0 bridgehead atoms. The minimum atomic E-state index is 1.29. The number of allylic oxidation sites excluding steroid dienone is 1. The predicted molar refractivity (Wildman–Crippen MR) is 80.9 cm³/mol. The lowest BCUT2D eigenvalue weighted by molar-refractivity contribution is 1.53. The summed E-state index contributed by atoms with van der Waals surface area (Å²) in [5.74, 6) is 0. The van der Waals surface area contributed by atoms with E-state index in [0.29, 0.717) is 0 Å². The van der Waals surface area contributed by atoms with E-state index in [4.69, 9.17) is 0 Å². The van der Waals surface area contributed by atoms with Crippen LogP contribution in [0.4, 0.5) is 0 Å². The molecule has 0 N–H and O–H groups in total. The summed E-state index contributed by atoms with van der Waals surface area (Å²) >= 11 is 0. The van der Waals surface area contributed by atoms with Gasteiger partial charge in [-0.2, -0.15) is 0 Å². The van der Waals surface area contributed by atoms with Crippen LogP contribution in [0.5, 0.6) is 0 Å². The van der Waals surface area contributed by atoms with E-state index < -0.39 is 0 Å². The van der Waals surface area contributed by atoms with Gasteiger partial charge in [0.25, 0.3) is 0 Å². The van der Waals surface area contributed by atoms with Gasteiger partial charge in [0.15, 0.2) is 0 Å². The van der Waals surface area contributed by atoms with Gasteiger partial charge in [-0.25, -0.2) is 0 Å². The standard InChI is InChI=1S/C19H13/c1-2-7-16-13-17(10-9-14(16)5-1)19-12-11-15-6-3-4-8-18(15)19/h1-13H. The highest BCUT2D eigenvalue weighted by molar-refractivity contribution is 5.92. The maximum Gasteiger partial charge on any atom is 0.0138 e. The molecule has 0 unspecified atom stereocenters. The minimum Gasteiger partial charge on any atom is -0.0676 e. The average molecular weight is 241 g/mol. The second-order valence-corrected chi connectivity index (χ2v) is 4.90. The predicted octanol–water partition coefficient (Wildman–Crippen LogP) is 4.84. The Labute approximate surface area is 113 Å². The van der Waals surface area contributed by atoms with E-state index >= 15 is 0 Å². The third-order valence-corrected chi connectivity index (χ3v) is 3.74. The molecule has 0 aromatic heterocycles. The lowest BCUT2D eigenvalue weighted by Crippen LogP contribution is -1.86. The minimum absolute atomic E-state index is 1.29. The first-order valence-corrected chi connectivity index (χ1v) is 6.55. The third kappa shape index (κ3) is 1.68. The first-order chi connectivity index (χ1) is 9.42. The Morgan fingerprint density at radius 1 is 0.632 bits per heavy atom. The Morgan fingerprint density at radius 2 is 1.42 bits per heavy atom. The molecule has 3 aromatic rings. The van der Waals surface area contributed by atoms with Crippen molar-refractivity contribution in [1.82, 2.24) is 0 Å². The molecule has 19 heavy (non-hydrogen) atoms. The van der Waals surface area contributed by atoms with Crippen LogP contribution in [0.15, 0.2) is 72.8 Å². The van der Waals surface area contributed by atoms with Crippen molar-refractivity contribution < 1.29 is 0 Å². The summed E-state index contributed by atoms with van der Waals surface area (Å²) in [6.45, 7) is 0. The lowest BCUT2D eigenvalue weighted by atomic mass is 9.97. The third-order valence-electron chi connectivity index (χ3n) is 3.74. The molecule has 89 valence electrons. The van der Waals surface area contributed by atoms with Crippen LogP contribution in [-0.4, -0.2) is 0 Å². The molecule has 0 aliphatic heterocycles. The van der Waals surface area contributed by atoms with E-state index in [1.807, 2.05) is 0 Å². The second-order valence-electron chi connectivity index (χ2n) is 4.90. The Balaban J connectivity index is 1.88. The van der Waals surface area contributed by atoms with Gasteiger partial charge in [0.05, 0.1) is 0 Å². The van der Waals surface area contributed by atoms with Crippen LogP contribution < -0.4 is 0 Å². The Bertz CT molecular complexity index is 794. The zero-order chi connectivity index (χ0) is 12.7. The van der Waals surface area contributed by atoms with Crippen LogP contribution in [0.2, 0.25) is 0 Å². The fraction of sp³-hybridized carbons (Fsp3) is 0. The topological polar surface area (TPSA) is 0 Å². The van der Waals surface area contributed by atoms with Gasteiger partial charge in [0.1, 0.15) is 0 Å². The van der Waals surface area contributed by atoms with Gasteiger partial charge in [-0.05, 0) is 39.1 Å². The molecule has 1 aliphatic carbocycles. The van der Waals surface area contributed by atoms with Crippen molar-refractivity contribution in [2.24, 2.45) is 0 Å². The molecule has 0 fully saturated rings. The Hall–Kier alpha value is -2.34. The molecule has 0 saturated heterocycles. The fourth-order valence-corrected chi connectivity index (χ4v) is 2.76. The van der Waals surface area contributed by atoms with Crippen molar-refractivity contribution in [2.45, 2.75) is 0 Å². The second kappa shape index (κ2) is 4.10. The van der Waals surface area contributed by atoms with E-state index in [-0.39, 0.29) is 0 Å². The molecule has 4 rings (SSSR count). The van der Waals surface area contributed by atoms with Crippen molar-refractivity contribution >= 4 is 16.3 Å². The molecule has 0 heterocycles. The van der Waals surface area contributed by atoms with Gasteiger partial charge >= 0.3 is 0 Å². The Kier molecular flexibility index (Phi) is 2.28. The summed E-state index contributed by atoms with van der Waals surface area (Å²) in [7, 11) is 0. The van der Waals surface area contributed by atoms with Gasteiger partial charge < -0.3 is 0 Å². The SMILES string of the molecule is [CH]1C=C(c2ccc3ccccc3c2)c2ccccc21. The number of hydrogen-bond acceptors (Lipinski definition) is 0. The van der Waals surface area contributed by atoms with E-state index in [2.05, 4.69) is 79.2 Å². The Morgan fingerprint density at radius 3 is 2.37 bits per heavy atom. The quantitative estimate of drug-likeness (QED) is 0.572. The largest absolute Gasteiger partial charge is 0.0676 e. The van der Waals surface area contributed by atoms with Gasteiger partial charge in [0.2, 0.25) is 0 Å². The molecular formula is C19H13. The maximum atomic E-state index is 2.27. The average Bonchev–Trinajstić information content (AvgIpc) is 2.91. The summed E-state index contributed by atoms with van der Waals surface area (Å²) in [5, 5.41) is 2.59. The number of hydrogen-bond donors (Lipinski definition) is 0. The highest BCUT2D eigenvalue weighted by atomic mass is 14.2. The summed E-state index contributed by atoms with van der Waals surface area (Å²) < 4.78 is 0. The van der Waals surface area contributed by atoms with Crippen molar-refractivity contribution in [3.8, 4) is 0 Å². The molecule has 0 amide bonds. The van der Waals surface area contributed by atoms with Crippen LogP contribution in [0.3, 0.4) is 0 Å². The monoisotopic (exact) mass is 241 g/mol. The van der Waals surface area contributed by atoms with Gasteiger partial charge in [-0.1, -0.05) is 66.7 Å². The lowest BCUT2D eigenvalue weighted by Gasteiger charge is -2.07. The number of fused-ring (bicyclic) bond motifs is 2. The van der Waals surface area contributed by atoms with Crippen LogP contribution in [-0.2, 0) is 0 Å². The zero-order valence-electron chi connectivity index (χ0n) is 10.5. The van der Waals surface area contributed by atoms with Gasteiger partial charge in [0, 0.05) is 6.42 Å². The van der Waals surface area contributed by atoms with Gasteiger partial charge in [-0.3, -0.25) is 0 Å². The van der Waals surface area contributed by atoms with Gasteiger partial charge in [-0.15, -0.1) is 0 Å². The summed E-state index contributed by atoms with van der Waals surface area (Å²) in [6, 6.07) is 23.7. The summed E-state index contributed by atoms with van der Waals surface area (Å²) in [6.07, 6.45) is 4.41. The summed E-state index contributed by atoms with van der Waals surface area (Å²) in [5.41, 5.74) is 5.25. The fourth-order valence-electron chi connectivity index (χ4n) is 2.76. The maximum absolute atomic E-state index is 2.27. The molecule has 0 heteroatoms. The van der Waals surface area contributed by atoms with Crippen molar-refractivity contribution in [3.63, 3.8) is 0 Å². The molecule has 1 radical (unpaired) electrons. The van der Waals surface area contributed by atoms with E-state index in [0.717, 1.165) is 0 Å². The summed E-state index contributed by atoms with van der Waals surface area (Å²) in [4.78, 5) is 0. The van der Waals surface area contributed by atoms with Crippen LogP contribution in [0, 0.1) is 6.42 Å². The van der Waals surface area contributed by atoms with E-state index in [9.17, 15) is 0 Å². The molecule has 0 nitrogen and oxygen atoms in total. The van der Waals surface area contributed by atoms with Crippen LogP contribution in [0.25, 0.3) is 16.3 Å². The molecule has 1 aliphatic rings. The molecule has 0 saturated carbocycles. The van der Waals surface area contributed by atoms with E-state index in [1.54, 1.807) is 0 Å². The van der Waals surface area contributed by atoms with Crippen molar-refractivity contribution in [3.05, 3.63) is 95.9 Å². The molecule has 0 atom stereocenters.